The third-order valence-corrected chi connectivity index (χ3v) is 5.04. The van der Waals surface area contributed by atoms with E-state index in [2.05, 4.69) is 12.2 Å². The molecular weight excluding hydrogens is 270 g/mol. The maximum atomic E-state index is 12.6. The molecule has 3 atom stereocenters. The number of nitrogens with one attached hydrogen (secondary N) is 1. The van der Waals surface area contributed by atoms with Crippen LogP contribution in [0.3, 0.4) is 0 Å². The van der Waals surface area contributed by atoms with Gasteiger partial charge in [0.15, 0.2) is 0 Å². The van der Waals surface area contributed by atoms with Gasteiger partial charge in [-0.25, -0.2) is 0 Å². The Morgan fingerprint density at radius 1 is 1.56 bits per heavy atom. The molecule has 1 heterocycles. The molecule has 1 N–H and O–H groups in total. The average molecular weight is 288 g/mol. The molecule has 0 saturated carbocycles. The van der Waals surface area contributed by atoms with E-state index in [1.165, 1.54) is 0 Å². The van der Waals surface area contributed by atoms with E-state index < -0.39 is 10.8 Å². The van der Waals surface area contributed by atoms with Gasteiger partial charge >= 0.3 is 0 Å². The minimum atomic E-state index is -1.08. The Labute approximate surface area is 115 Å². The molecule has 5 heteroatoms. The molecule has 1 aromatic rings. The van der Waals surface area contributed by atoms with Gasteiger partial charge < -0.3 is 10.1 Å². The van der Waals surface area contributed by atoms with Crippen molar-refractivity contribution in [1.82, 2.24) is 5.32 Å². The first-order valence-corrected chi connectivity index (χ1v) is 7.78. The summed E-state index contributed by atoms with van der Waals surface area (Å²) in [6.45, 7) is 4.22. The van der Waals surface area contributed by atoms with Crippen molar-refractivity contribution < 1.29 is 8.95 Å². The van der Waals surface area contributed by atoms with Crippen molar-refractivity contribution >= 4 is 22.4 Å². The highest BCUT2D eigenvalue weighted by atomic mass is 35.5. The lowest BCUT2D eigenvalue weighted by molar-refractivity contribution is 0.0824. The lowest BCUT2D eigenvalue weighted by Gasteiger charge is -2.31. The zero-order valence-corrected chi connectivity index (χ0v) is 12.0. The van der Waals surface area contributed by atoms with Crippen LogP contribution in [0.15, 0.2) is 29.2 Å². The number of ether oxygens (including phenoxy) is 1. The van der Waals surface area contributed by atoms with Gasteiger partial charge in [-0.15, -0.1) is 0 Å². The Morgan fingerprint density at radius 2 is 2.39 bits per heavy atom. The van der Waals surface area contributed by atoms with Crippen molar-refractivity contribution in [2.45, 2.75) is 29.5 Å². The van der Waals surface area contributed by atoms with E-state index in [1.807, 2.05) is 12.1 Å². The van der Waals surface area contributed by atoms with Gasteiger partial charge in [0.1, 0.15) is 0 Å². The predicted octanol–water partition coefficient (Wildman–Crippen LogP) is 2.21. The molecule has 1 aliphatic heterocycles. The molecule has 0 aliphatic carbocycles. The SMILES string of the molecule is CCNC1CCOCC1S(=O)c1cccc(Cl)c1. The third kappa shape index (κ3) is 3.32. The van der Waals surface area contributed by atoms with Crippen LogP contribution in [0, 0.1) is 0 Å². The Morgan fingerprint density at radius 3 is 3.11 bits per heavy atom. The summed E-state index contributed by atoms with van der Waals surface area (Å²) in [7, 11) is -1.08. The zero-order valence-electron chi connectivity index (χ0n) is 10.4. The standard InChI is InChI=1S/C13H18ClNO2S/c1-2-15-12-6-7-17-9-13(12)18(16)11-5-3-4-10(14)8-11/h3-5,8,12-13,15H,2,6-7,9H2,1H3. The summed E-state index contributed by atoms with van der Waals surface area (Å²) >= 11 is 5.94. The number of hydrogen-bond donors (Lipinski definition) is 1. The highest BCUT2D eigenvalue weighted by Gasteiger charge is 2.30. The van der Waals surface area contributed by atoms with E-state index in [0.29, 0.717) is 11.6 Å². The lowest BCUT2D eigenvalue weighted by Crippen LogP contribution is -2.48. The fourth-order valence-corrected chi connectivity index (χ4v) is 4.00. The Kier molecular flexibility index (Phi) is 5.18. The van der Waals surface area contributed by atoms with Gasteiger partial charge in [0.2, 0.25) is 0 Å². The van der Waals surface area contributed by atoms with Crippen molar-refractivity contribution in [3.63, 3.8) is 0 Å². The minimum Gasteiger partial charge on any atom is -0.380 e. The Hall–Kier alpha value is -0.420. The molecule has 1 aromatic carbocycles. The van der Waals surface area contributed by atoms with Gasteiger partial charge in [-0.2, -0.15) is 0 Å². The Balaban J connectivity index is 2.15. The fourth-order valence-electron chi connectivity index (χ4n) is 2.19. The Bertz CT molecular complexity index is 425. The van der Waals surface area contributed by atoms with Crippen molar-refractivity contribution in [2.24, 2.45) is 0 Å². The zero-order chi connectivity index (χ0) is 13.0. The maximum absolute atomic E-state index is 12.6. The first-order chi connectivity index (χ1) is 8.72. The number of hydrogen-bond acceptors (Lipinski definition) is 3. The average Bonchev–Trinajstić information content (AvgIpc) is 2.39. The summed E-state index contributed by atoms with van der Waals surface area (Å²) in [5.74, 6) is 0. The molecule has 1 aliphatic rings. The molecule has 0 bridgehead atoms. The van der Waals surface area contributed by atoms with Crippen molar-refractivity contribution in [2.75, 3.05) is 19.8 Å². The molecule has 1 fully saturated rings. The van der Waals surface area contributed by atoms with Crippen LogP contribution in [0.4, 0.5) is 0 Å². The molecule has 1 saturated heterocycles. The highest BCUT2D eigenvalue weighted by Crippen LogP contribution is 2.21. The summed E-state index contributed by atoms with van der Waals surface area (Å²) in [5, 5.41) is 4.01. The summed E-state index contributed by atoms with van der Waals surface area (Å²) in [6, 6.07) is 7.51. The molecule has 0 spiro atoms. The van der Waals surface area contributed by atoms with Gasteiger partial charge in [0.25, 0.3) is 0 Å². The molecule has 3 unspecified atom stereocenters. The minimum absolute atomic E-state index is 0.00262. The molecule has 0 aromatic heterocycles. The van der Waals surface area contributed by atoms with Crippen LogP contribution in [-0.4, -0.2) is 35.3 Å². The van der Waals surface area contributed by atoms with E-state index in [9.17, 15) is 4.21 Å². The number of rotatable bonds is 4. The van der Waals surface area contributed by atoms with E-state index in [4.69, 9.17) is 16.3 Å². The summed E-state index contributed by atoms with van der Waals surface area (Å²) in [6.07, 6.45) is 0.908. The quantitative estimate of drug-likeness (QED) is 0.923. The van der Waals surface area contributed by atoms with Gasteiger partial charge in [-0.1, -0.05) is 24.6 Å². The van der Waals surface area contributed by atoms with Crippen molar-refractivity contribution in [3.05, 3.63) is 29.3 Å². The van der Waals surface area contributed by atoms with Gasteiger partial charge in [-0.3, -0.25) is 4.21 Å². The number of halogens is 1. The molecular formula is C13H18ClNO2S. The first kappa shape index (κ1) is 14.0. The van der Waals surface area contributed by atoms with Crippen molar-refractivity contribution in [1.29, 1.82) is 0 Å². The molecule has 100 valence electrons. The van der Waals surface area contributed by atoms with Gasteiger partial charge in [-0.05, 0) is 31.2 Å². The van der Waals surface area contributed by atoms with Crippen LogP contribution in [0.5, 0.6) is 0 Å². The summed E-state index contributed by atoms with van der Waals surface area (Å²) in [5.41, 5.74) is 0. The monoisotopic (exact) mass is 287 g/mol. The topological polar surface area (TPSA) is 38.3 Å². The second kappa shape index (κ2) is 6.66. The predicted molar refractivity (Wildman–Crippen MR) is 74.5 cm³/mol. The fraction of sp³-hybridized carbons (Fsp3) is 0.538. The second-order valence-corrected chi connectivity index (χ2v) is 6.43. The molecule has 3 nitrogen and oxygen atoms in total. The maximum Gasteiger partial charge on any atom is 0.0782 e. The van der Waals surface area contributed by atoms with Gasteiger partial charge in [0, 0.05) is 22.6 Å². The summed E-state index contributed by atoms with van der Waals surface area (Å²) < 4.78 is 18.0. The van der Waals surface area contributed by atoms with E-state index >= 15 is 0 Å². The molecule has 18 heavy (non-hydrogen) atoms. The summed E-state index contributed by atoms with van der Waals surface area (Å²) in [4.78, 5) is 0.779. The number of benzene rings is 1. The van der Waals surface area contributed by atoms with Crippen LogP contribution >= 0.6 is 11.6 Å². The molecule has 2 rings (SSSR count). The largest absolute Gasteiger partial charge is 0.380 e. The third-order valence-electron chi connectivity index (χ3n) is 3.07. The smallest absolute Gasteiger partial charge is 0.0782 e. The van der Waals surface area contributed by atoms with E-state index in [1.54, 1.807) is 12.1 Å². The first-order valence-electron chi connectivity index (χ1n) is 6.19. The van der Waals surface area contributed by atoms with Crippen LogP contribution in [0.25, 0.3) is 0 Å². The molecule has 0 amide bonds. The lowest BCUT2D eigenvalue weighted by atomic mass is 10.1. The second-order valence-electron chi connectivity index (χ2n) is 4.32. The van der Waals surface area contributed by atoms with Crippen molar-refractivity contribution in [3.8, 4) is 0 Å². The van der Waals surface area contributed by atoms with E-state index in [-0.39, 0.29) is 11.3 Å². The van der Waals surface area contributed by atoms with Gasteiger partial charge in [0.05, 0.1) is 22.7 Å². The highest BCUT2D eigenvalue weighted by molar-refractivity contribution is 7.85. The van der Waals surface area contributed by atoms with Crippen LogP contribution in [-0.2, 0) is 15.5 Å². The van der Waals surface area contributed by atoms with Crippen LogP contribution in [0.2, 0.25) is 5.02 Å². The van der Waals surface area contributed by atoms with Crippen LogP contribution in [0.1, 0.15) is 13.3 Å². The normalized spacial score (nSPS) is 25.9. The van der Waals surface area contributed by atoms with E-state index in [0.717, 1.165) is 24.5 Å². The molecule has 0 radical (unpaired) electrons. The van der Waals surface area contributed by atoms with Crippen LogP contribution < -0.4 is 5.32 Å².